The number of benzene rings is 1. The summed E-state index contributed by atoms with van der Waals surface area (Å²) < 4.78 is 1.88. The molecule has 2 aromatic rings. The van der Waals surface area contributed by atoms with Crippen LogP contribution in [0, 0.1) is 13.8 Å². The molecule has 0 saturated carbocycles. The summed E-state index contributed by atoms with van der Waals surface area (Å²) in [6.07, 6.45) is 2.16. The molecule has 3 nitrogen and oxygen atoms in total. The van der Waals surface area contributed by atoms with Crippen LogP contribution in [0.4, 0.5) is 0 Å². The largest absolute Gasteiger partial charge is 0.382 e. The maximum atomic E-state index is 10.5. The van der Waals surface area contributed by atoms with Gasteiger partial charge >= 0.3 is 0 Å². The maximum Gasteiger partial charge on any atom is 0.121 e. The fraction of sp³-hybridized carbons (Fsp3) is 0.400. The topological polar surface area (TPSA) is 38.0 Å². The number of hydrogen-bond acceptors (Lipinski definition) is 2. The highest BCUT2D eigenvalue weighted by Crippen LogP contribution is 2.23. The average molecular weight is 244 g/mol. The van der Waals surface area contributed by atoms with Crippen LogP contribution in [-0.2, 0) is 6.54 Å². The smallest absolute Gasteiger partial charge is 0.121 e. The molecule has 1 aromatic carbocycles. The van der Waals surface area contributed by atoms with Crippen molar-refractivity contribution in [2.45, 2.75) is 39.8 Å². The Hall–Kier alpha value is -1.61. The zero-order chi connectivity index (χ0) is 13.1. The lowest BCUT2D eigenvalue weighted by Gasteiger charge is -2.14. The number of nitrogens with zero attached hydrogens (tertiary/aromatic N) is 2. The molecule has 2 rings (SSSR count). The molecule has 0 spiro atoms. The molecule has 0 aliphatic rings. The van der Waals surface area contributed by atoms with Crippen LogP contribution in [0.1, 0.15) is 41.8 Å². The second-order valence-electron chi connectivity index (χ2n) is 4.80. The van der Waals surface area contributed by atoms with E-state index in [0.29, 0.717) is 0 Å². The average Bonchev–Trinajstić information content (AvgIpc) is 2.75. The molecule has 0 bridgehead atoms. The third kappa shape index (κ3) is 2.62. The maximum absolute atomic E-state index is 10.5. The molecule has 1 heterocycles. The van der Waals surface area contributed by atoms with Crippen molar-refractivity contribution < 1.29 is 5.11 Å². The van der Waals surface area contributed by atoms with Crippen LogP contribution in [-0.4, -0.2) is 14.9 Å². The van der Waals surface area contributed by atoms with Gasteiger partial charge in [0, 0.05) is 12.7 Å². The van der Waals surface area contributed by atoms with Gasteiger partial charge in [-0.2, -0.15) is 5.10 Å². The molecule has 0 aliphatic carbocycles. The van der Waals surface area contributed by atoms with Gasteiger partial charge in [-0.3, -0.25) is 4.68 Å². The molecule has 3 heteroatoms. The summed E-state index contributed by atoms with van der Waals surface area (Å²) in [7, 11) is 0. The van der Waals surface area contributed by atoms with E-state index in [0.717, 1.165) is 24.2 Å². The molecule has 1 unspecified atom stereocenters. The molecule has 1 N–H and O–H groups in total. The Balaban J connectivity index is 2.34. The van der Waals surface area contributed by atoms with Gasteiger partial charge in [-0.25, -0.2) is 0 Å². The van der Waals surface area contributed by atoms with Crippen LogP contribution in [0.15, 0.2) is 30.5 Å². The van der Waals surface area contributed by atoms with E-state index in [4.69, 9.17) is 0 Å². The molecule has 0 fully saturated rings. The van der Waals surface area contributed by atoms with Gasteiger partial charge in [-0.15, -0.1) is 0 Å². The van der Waals surface area contributed by atoms with Crippen LogP contribution in [0.5, 0.6) is 0 Å². The summed E-state index contributed by atoms with van der Waals surface area (Å²) in [6.45, 7) is 7.04. The Morgan fingerprint density at radius 1 is 1.22 bits per heavy atom. The molecule has 0 amide bonds. The van der Waals surface area contributed by atoms with Crippen molar-refractivity contribution in [1.82, 2.24) is 9.78 Å². The van der Waals surface area contributed by atoms with Gasteiger partial charge in [0.1, 0.15) is 6.10 Å². The van der Waals surface area contributed by atoms with Gasteiger partial charge in [-0.1, -0.05) is 36.2 Å². The molecular formula is C15H20N2O. The highest BCUT2D eigenvalue weighted by Gasteiger charge is 2.15. The number of aliphatic hydroxyl groups excluding tert-OH is 1. The van der Waals surface area contributed by atoms with Crippen molar-refractivity contribution in [3.05, 3.63) is 52.8 Å². The third-order valence-corrected chi connectivity index (χ3v) is 3.02. The number of hydrogen-bond donors (Lipinski definition) is 1. The van der Waals surface area contributed by atoms with Gasteiger partial charge in [0.25, 0.3) is 0 Å². The number of aryl methyl sites for hydroxylation is 3. The summed E-state index contributed by atoms with van der Waals surface area (Å²) in [5.41, 5.74) is 4.14. The first-order valence-corrected chi connectivity index (χ1v) is 6.39. The first-order chi connectivity index (χ1) is 8.61. The molecule has 0 saturated heterocycles. The minimum absolute atomic E-state index is 0.599. The fourth-order valence-corrected chi connectivity index (χ4v) is 2.31. The van der Waals surface area contributed by atoms with Crippen LogP contribution in [0.25, 0.3) is 0 Å². The second kappa shape index (κ2) is 5.36. The molecule has 0 radical (unpaired) electrons. The zero-order valence-corrected chi connectivity index (χ0v) is 11.2. The van der Waals surface area contributed by atoms with E-state index in [1.165, 1.54) is 11.1 Å². The highest BCUT2D eigenvalue weighted by molar-refractivity contribution is 5.33. The first-order valence-electron chi connectivity index (χ1n) is 6.39. The Bertz CT molecular complexity index is 511. The summed E-state index contributed by atoms with van der Waals surface area (Å²) >= 11 is 0. The van der Waals surface area contributed by atoms with E-state index < -0.39 is 6.10 Å². The molecule has 96 valence electrons. The number of rotatable bonds is 4. The Kier molecular flexibility index (Phi) is 3.82. The van der Waals surface area contributed by atoms with E-state index >= 15 is 0 Å². The third-order valence-electron chi connectivity index (χ3n) is 3.02. The summed E-state index contributed by atoms with van der Waals surface area (Å²) in [5.74, 6) is 0. The molecule has 1 aromatic heterocycles. The van der Waals surface area contributed by atoms with Gasteiger partial charge in [0.2, 0.25) is 0 Å². The Morgan fingerprint density at radius 3 is 2.50 bits per heavy atom. The SMILES string of the molecule is CCCn1nccc1C(O)c1cc(C)cc(C)c1. The van der Waals surface area contributed by atoms with Crippen LogP contribution >= 0.6 is 0 Å². The molecular weight excluding hydrogens is 224 g/mol. The highest BCUT2D eigenvalue weighted by atomic mass is 16.3. The fourth-order valence-electron chi connectivity index (χ4n) is 2.31. The van der Waals surface area contributed by atoms with Crippen molar-refractivity contribution in [3.8, 4) is 0 Å². The van der Waals surface area contributed by atoms with E-state index in [-0.39, 0.29) is 0 Å². The summed E-state index contributed by atoms with van der Waals surface area (Å²) in [4.78, 5) is 0. The van der Waals surface area contributed by atoms with Crippen molar-refractivity contribution in [2.24, 2.45) is 0 Å². The van der Waals surface area contributed by atoms with Crippen LogP contribution in [0.2, 0.25) is 0 Å². The Labute approximate surface area is 108 Å². The van der Waals surface area contributed by atoms with Gasteiger partial charge < -0.3 is 5.11 Å². The quantitative estimate of drug-likeness (QED) is 0.897. The van der Waals surface area contributed by atoms with Gasteiger partial charge in [-0.05, 0) is 31.9 Å². The van der Waals surface area contributed by atoms with Crippen molar-refractivity contribution in [2.75, 3.05) is 0 Å². The predicted octanol–water partition coefficient (Wildman–Crippen LogP) is 2.99. The van der Waals surface area contributed by atoms with Crippen molar-refractivity contribution >= 4 is 0 Å². The van der Waals surface area contributed by atoms with E-state index in [9.17, 15) is 5.11 Å². The molecule has 18 heavy (non-hydrogen) atoms. The zero-order valence-electron chi connectivity index (χ0n) is 11.2. The van der Waals surface area contributed by atoms with Gasteiger partial charge in [0.05, 0.1) is 5.69 Å². The summed E-state index contributed by atoms with van der Waals surface area (Å²) in [5, 5.41) is 14.7. The normalized spacial score (nSPS) is 12.7. The van der Waals surface area contributed by atoms with E-state index in [1.807, 2.05) is 36.7 Å². The minimum Gasteiger partial charge on any atom is -0.382 e. The monoisotopic (exact) mass is 244 g/mol. The number of aromatic nitrogens is 2. The number of aliphatic hydroxyl groups is 1. The second-order valence-corrected chi connectivity index (χ2v) is 4.80. The van der Waals surface area contributed by atoms with Crippen molar-refractivity contribution in [3.63, 3.8) is 0 Å². The lowest BCUT2D eigenvalue weighted by Crippen LogP contribution is -2.10. The lowest BCUT2D eigenvalue weighted by molar-refractivity contribution is 0.207. The van der Waals surface area contributed by atoms with Crippen LogP contribution < -0.4 is 0 Å². The first kappa shape index (κ1) is 12.8. The van der Waals surface area contributed by atoms with Crippen molar-refractivity contribution in [1.29, 1.82) is 0 Å². The van der Waals surface area contributed by atoms with E-state index in [1.54, 1.807) is 6.20 Å². The standard InChI is InChI=1S/C15H20N2O/c1-4-7-17-14(5-6-16-17)15(18)13-9-11(2)8-12(3)10-13/h5-6,8-10,15,18H,4,7H2,1-3H3. The predicted molar refractivity (Wildman–Crippen MR) is 72.5 cm³/mol. The molecule has 0 aliphatic heterocycles. The Morgan fingerprint density at radius 2 is 1.89 bits per heavy atom. The molecule has 1 atom stereocenters. The van der Waals surface area contributed by atoms with E-state index in [2.05, 4.69) is 18.1 Å². The van der Waals surface area contributed by atoms with Crippen LogP contribution in [0.3, 0.4) is 0 Å². The van der Waals surface area contributed by atoms with Gasteiger partial charge in [0.15, 0.2) is 0 Å². The summed E-state index contributed by atoms with van der Waals surface area (Å²) in [6, 6.07) is 8.06. The minimum atomic E-state index is -0.599. The lowest BCUT2D eigenvalue weighted by atomic mass is 10.0.